The van der Waals surface area contributed by atoms with Crippen LogP contribution in [0.3, 0.4) is 0 Å². The monoisotopic (exact) mass is 223 g/mol. The summed E-state index contributed by atoms with van der Waals surface area (Å²) < 4.78 is 1.66. The van der Waals surface area contributed by atoms with Crippen LogP contribution in [0.25, 0.3) is 0 Å². The number of pyridine rings is 1. The van der Waals surface area contributed by atoms with E-state index in [1.165, 1.54) is 6.07 Å². The Morgan fingerprint density at radius 2 is 2.25 bits per heavy atom. The SMILES string of the molecule is CCCCn1ccc(CCC(=O)O)cc1=O. The van der Waals surface area contributed by atoms with Crippen LogP contribution in [0.5, 0.6) is 0 Å². The van der Waals surface area contributed by atoms with Crippen molar-refractivity contribution in [3.63, 3.8) is 0 Å². The third-order valence-corrected chi connectivity index (χ3v) is 2.44. The van der Waals surface area contributed by atoms with Gasteiger partial charge in [-0.2, -0.15) is 0 Å². The molecule has 4 nitrogen and oxygen atoms in total. The first-order valence-electron chi connectivity index (χ1n) is 5.54. The molecule has 1 aromatic rings. The second-order valence-corrected chi connectivity index (χ2v) is 3.81. The maximum atomic E-state index is 11.6. The molecule has 0 spiro atoms. The fourth-order valence-corrected chi connectivity index (χ4v) is 1.47. The first-order valence-corrected chi connectivity index (χ1v) is 5.54. The van der Waals surface area contributed by atoms with E-state index < -0.39 is 5.97 Å². The highest BCUT2D eigenvalue weighted by atomic mass is 16.4. The minimum absolute atomic E-state index is 0.0451. The fourth-order valence-electron chi connectivity index (χ4n) is 1.47. The molecular weight excluding hydrogens is 206 g/mol. The van der Waals surface area contributed by atoms with E-state index in [0.29, 0.717) is 6.42 Å². The van der Waals surface area contributed by atoms with Crippen molar-refractivity contribution in [3.05, 3.63) is 34.2 Å². The minimum atomic E-state index is -0.838. The molecular formula is C12H17NO3. The van der Waals surface area contributed by atoms with E-state index in [9.17, 15) is 9.59 Å². The molecule has 0 aliphatic carbocycles. The summed E-state index contributed by atoms with van der Waals surface area (Å²) >= 11 is 0. The largest absolute Gasteiger partial charge is 0.481 e. The molecule has 4 heteroatoms. The average molecular weight is 223 g/mol. The van der Waals surface area contributed by atoms with E-state index in [4.69, 9.17) is 5.11 Å². The van der Waals surface area contributed by atoms with E-state index in [1.807, 2.05) is 6.07 Å². The van der Waals surface area contributed by atoms with Crippen molar-refractivity contribution in [2.75, 3.05) is 0 Å². The Balaban J connectivity index is 2.67. The highest BCUT2D eigenvalue weighted by molar-refractivity contribution is 5.67. The van der Waals surface area contributed by atoms with Gasteiger partial charge in [-0.15, -0.1) is 0 Å². The Hall–Kier alpha value is -1.58. The summed E-state index contributed by atoms with van der Waals surface area (Å²) in [6.45, 7) is 2.81. The topological polar surface area (TPSA) is 59.3 Å². The number of aromatic nitrogens is 1. The van der Waals surface area contributed by atoms with Crippen LogP contribution >= 0.6 is 0 Å². The average Bonchev–Trinajstić information content (AvgIpc) is 2.25. The molecule has 0 saturated carbocycles. The molecule has 0 atom stereocenters. The number of carboxylic acid groups (broad SMARTS) is 1. The molecule has 1 heterocycles. The van der Waals surface area contributed by atoms with Crippen molar-refractivity contribution in [3.8, 4) is 0 Å². The molecule has 1 aromatic heterocycles. The number of aryl methyl sites for hydroxylation is 2. The highest BCUT2D eigenvalue weighted by Gasteiger charge is 2.01. The van der Waals surface area contributed by atoms with Gasteiger partial charge in [0.1, 0.15) is 0 Å². The Bertz CT molecular complexity index is 409. The molecule has 0 radical (unpaired) electrons. The van der Waals surface area contributed by atoms with Crippen LogP contribution in [0.1, 0.15) is 31.7 Å². The summed E-state index contributed by atoms with van der Waals surface area (Å²) in [5.74, 6) is -0.838. The lowest BCUT2D eigenvalue weighted by molar-refractivity contribution is -0.136. The Morgan fingerprint density at radius 3 is 2.81 bits per heavy atom. The summed E-state index contributed by atoms with van der Waals surface area (Å²) in [4.78, 5) is 22.0. The van der Waals surface area contributed by atoms with Gasteiger partial charge in [-0.05, 0) is 24.5 Å². The number of nitrogens with zero attached hydrogens (tertiary/aromatic N) is 1. The smallest absolute Gasteiger partial charge is 0.303 e. The van der Waals surface area contributed by atoms with Crippen LogP contribution in [0, 0.1) is 0 Å². The molecule has 0 bridgehead atoms. The zero-order chi connectivity index (χ0) is 12.0. The first-order chi connectivity index (χ1) is 7.63. The Kier molecular flexibility index (Phi) is 4.76. The van der Waals surface area contributed by atoms with Crippen molar-refractivity contribution in [1.82, 2.24) is 4.57 Å². The third kappa shape index (κ3) is 3.88. The molecule has 16 heavy (non-hydrogen) atoms. The third-order valence-electron chi connectivity index (χ3n) is 2.44. The maximum absolute atomic E-state index is 11.6. The fraction of sp³-hybridized carbons (Fsp3) is 0.500. The standard InChI is InChI=1S/C12H17NO3/c1-2-3-7-13-8-6-10(9-11(13)14)4-5-12(15)16/h6,8-9H,2-5,7H2,1H3,(H,15,16). The normalized spacial score (nSPS) is 10.3. The Morgan fingerprint density at radius 1 is 1.50 bits per heavy atom. The van der Waals surface area contributed by atoms with Gasteiger partial charge >= 0.3 is 5.97 Å². The van der Waals surface area contributed by atoms with Crippen molar-refractivity contribution in [2.45, 2.75) is 39.2 Å². The molecule has 0 fully saturated rings. The lowest BCUT2D eigenvalue weighted by atomic mass is 10.1. The summed E-state index contributed by atoms with van der Waals surface area (Å²) in [5, 5.41) is 8.53. The van der Waals surface area contributed by atoms with Gasteiger partial charge in [-0.3, -0.25) is 9.59 Å². The van der Waals surface area contributed by atoms with E-state index in [1.54, 1.807) is 10.8 Å². The van der Waals surface area contributed by atoms with Crippen molar-refractivity contribution in [1.29, 1.82) is 0 Å². The van der Waals surface area contributed by atoms with E-state index in [0.717, 1.165) is 24.9 Å². The molecule has 0 amide bonds. The van der Waals surface area contributed by atoms with Gasteiger partial charge in [-0.25, -0.2) is 0 Å². The second kappa shape index (κ2) is 6.10. The lowest BCUT2D eigenvalue weighted by Gasteiger charge is -2.05. The van der Waals surface area contributed by atoms with Gasteiger partial charge in [0.25, 0.3) is 5.56 Å². The zero-order valence-electron chi connectivity index (χ0n) is 9.48. The number of rotatable bonds is 6. The molecule has 0 aliphatic heterocycles. The predicted molar refractivity (Wildman–Crippen MR) is 61.6 cm³/mol. The molecule has 0 saturated heterocycles. The van der Waals surface area contributed by atoms with Crippen LogP contribution in [0.2, 0.25) is 0 Å². The number of hydrogen-bond donors (Lipinski definition) is 1. The van der Waals surface area contributed by atoms with Crippen LogP contribution in [0.4, 0.5) is 0 Å². The van der Waals surface area contributed by atoms with Crippen LogP contribution in [-0.4, -0.2) is 15.6 Å². The van der Waals surface area contributed by atoms with E-state index >= 15 is 0 Å². The summed E-state index contributed by atoms with van der Waals surface area (Å²) in [6, 6.07) is 3.35. The molecule has 1 rings (SSSR count). The highest BCUT2D eigenvalue weighted by Crippen LogP contribution is 2.00. The number of carboxylic acids is 1. The van der Waals surface area contributed by atoms with Gasteiger partial charge in [0.05, 0.1) is 0 Å². The summed E-state index contributed by atoms with van der Waals surface area (Å²) in [7, 11) is 0. The van der Waals surface area contributed by atoms with Gasteiger partial charge in [-0.1, -0.05) is 13.3 Å². The van der Waals surface area contributed by atoms with Crippen molar-refractivity contribution >= 4 is 5.97 Å². The minimum Gasteiger partial charge on any atom is -0.481 e. The molecule has 88 valence electrons. The van der Waals surface area contributed by atoms with Crippen molar-refractivity contribution in [2.24, 2.45) is 0 Å². The summed E-state index contributed by atoms with van der Waals surface area (Å²) in [6.07, 6.45) is 4.26. The summed E-state index contributed by atoms with van der Waals surface area (Å²) in [5.41, 5.74) is 0.747. The molecule has 1 N–H and O–H groups in total. The second-order valence-electron chi connectivity index (χ2n) is 3.81. The van der Waals surface area contributed by atoms with Crippen LogP contribution < -0.4 is 5.56 Å². The number of carbonyl (C=O) groups is 1. The van der Waals surface area contributed by atoms with Crippen LogP contribution in [-0.2, 0) is 17.8 Å². The van der Waals surface area contributed by atoms with E-state index in [-0.39, 0.29) is 12.0 Å². The number of unbranched alkanes of at least 4 members (excludes halogenated alkanes) is 1. The molecule has 0 aromatic carbocycles. The van der Waals surface area contributed by atoms with Crippen molar-refractivity contribution < 1.29 is 9.90 Å². The zero-order valence-corrected chi connectivity index (χ0v) is 9.48. The molecule has 0 aliphatic rings. The quantitative estimate of drug-likeness (QED) is 0.798. The van der Waals surface area contributed by atoms with Gasteiger partial charge in [0.2, 0.25) is 0 Å². The van der Waals surface area contributed by atoms with Gasteiger partial charge in [0.15, 0.2) is 0 Å². The van der Waals surface area contributed by atoms with Gasteiger partial charge in [0, 0.05) is 25.2 Å². The molecule has 0 unspecified atom stereocenters. The van der Waals surface area contributed by atoms with Crippen LogP contribution in [0.15, 0.2) is 23.1 Å². The predicted octanol–water partition coefficient (Wildman–Crippen LogP) is 1.67. The Labute approximate surface area is 94.5 Å². The lowest BCUT2D eigenvalue weighted by Crippen LogP contribution is -2.19. The number of aliphatic carboxylic acids is 1. The first kappa shape index (κ1) is 12.5. The van der Waals surface area contributed by atoms with Gasteiger partial charge < -0.3 is 9.67 Å². The maximum Gasteiger partial charge on any atom is 0.303 e. The van der Waals surface area contributed by atoms with E-state index in [2.05, 4.69) is 6.92 Å². The number of hydrogen-bond acceptors (Lipinski definition) is 2.